The highest BCUT2D eigenvalue weighted by atomic mass is 16.4. The quantitative estimate of drug-likeness (QED) is 0.422. The summed E-state index contributed by atoms with van der Waals surface area (Å²) in [5.74, 6) is -2.29. The van der Waals surface area contributed by atoms with E-state index in [0.717, 1.165) is 17.2 Å². The number of nitrogens with one attached hydrogen (secondary N) is 3. The van der Waals surface area contributed by atoms with Gasteiger partial charge < -0.3 is 20.7 Å². The number of aromatic amines is 1. The first-order valence-electron chi connectivity index (χ1n) is 10.3. The minimum atomic E-state index is -1.17. The SMILES string of the molecule is CC(C)(CNC(=O)c1cc(=O)c(C(=O)NC(c2ccccc2)c2ccccc2)c[nH]1)C(=O)O. The number of pyridine rings is 1. The van der Waals surface area contributed by atoms with E-state index in [2.05, 4.69) is 15.6 Å². The molecule has 2 aromatic carbocycles. The van der Waals surface area contributed by atoms with Crippen LogP contribution in [-0.2, 0) is 4.79 Å². The molecule has 2 amide bonds. The second-order valence-electron chi connectivity index (χ2n) is 8.22. The lowest BCUT2D eigenvalue weighted by Gasteiger charge is -2.20. The van der Waals surface area contributed by atoms with Crippen molar-refractivity contribution in [1.82, 2.24) is 15.6 Å². The lowest BCUT2D eigenvalue weighted by Crippen LogP contribution is -2.39. The first kappa shape index (κ1) is 23.5. The molecule has 0 radical (unpaired) electrons. The van der Waals surface area contributed by atoms with Gasteiger partial charge in [0, 0.05) is 18.8 Å². The third kappa shape index (κ3) is 5.74. The lowest BCUT2D eigenvalue weighted by molar-refractivity contribution is -0.146. The Morgan fingerprint density at radius 1 is 0.939 bits per heavy atom. The fraction of sp³-hybridized carbons (Fsp3) is 0.200. The van der Waals surface area contributed by atoms with Crippen molar-refractivity contribution in [3.05, 3.63) is 106 Å². The van der Waals surface area contributed by atoms with Crippen molar-refractivity contribution in [3.8, 4) is 0 Å². The largest absolute Gasteiger partial charge is 0.481 e. The lowest BCUT2D eigenvalue weighted by atomic mass is 9.94. The van der Waals surface area contributed by atoms with E-state index in [1.165, 1.54) is 20.0 Å². The molecule has 0 saturated heterocycles. The zero-order chi connectivity index (χ0) is 24.0. The summed E-state index contributed by atoms with van der Waals surface area (Å²) in [7, 11) is 0. The maximum absolute atomic E-state index is 12.9. The summed E-state index contributed by atoms with van der Waals surface area (Å²) < 4.78 is 0. The summed E-state index contributed by atoms with van der Waals surface area (Å²) in [5, 5.41) is 14.5. The van der Waals surface area contributed by atoms with E-state index >= 15 is 0 Å². The van der Waals surface area contributed by atoms with Crippen molar-refractivity contribution in [3.63, 3.8) is 0 Å². The van der Waals surface area contributed by atoms with E-state index < -0.39 is 34.7 Å². The highest BCUT2D eigenvalue weighted by molar-refractivity contribution is 5.96. The van der Waals surface area contributed by atoms with E-state index in [1.807, 2.05) is 60.7 Å². The molecular weight excluding hydrogens is 422 g/mol. The van der Waals surface area contributed by atoms with Crippen LogP contribution < -0.4 is 16.1 Å². The summed E-state index contributed by atoms with van der Waals surface area (Å²) in [6.45, 7) is 2.82. The minimum absolute atomic E-state index is 0.0691. The van der Waals surface area contributed by atoms with Gasteiger partial charge in [-0.3, -0.25) is 19.2 Å². The average molecular weight is 447 g/mol. The number of H-pyrrole nitrogens is 1. The summed E-state index contributed by atoms with van der Waals surface area (Å²) in [4.78, 5) is 51.7. The van der Waals surface area contributed by atoms with Gasteiger partial charge in [0.15, 0.2) is 5.43 Å². The van der Waals surface area contributed by atoms with Crippen molar-refractivity contribution < 1.29 is 19.5 Å². The number of aliphatic carboxylic acids is 1. The average Bonchev–Trinajstić information content (AvgIpc) is 2.81. The molecule has 0 fully saturated rings. The summed E-state index contributed by atoms with van der Waals surface area (Å²) in [6, 6.07) is 19.3. The van der Waals surface area contributed by atoms with Gasteiger partial charge in [-0.1, -0.05) is 60.7 Å². The van der Waals surface area contributed by atoms with Crippen LogP contribution in [0.1, 0.15) is 51.9 Å². The molecule has 0 bridgehead atoms. The predicted octanol–water partition coefficient (Wildman–Crippen LogP) is 2.73. The third-order valence-electron chi connectivity index (χ3n) is 5.21. The number of carboxylic acid groups (broad SMARTS) is 1. The number of carbonyl (C=O) groups excluding carboxylic acids is 2. The maximum atomic E-state index is 12.9. The van der Waals surface area contributed by atoms with Crippen LogP contribution >= 0.6 is 0 Å². The summed E-state index contributed by atoms with van der Waals surface area (Å²) >= 11 is 0. The van der Waals surface area contributed by atoms with Crippen molar-refractivity contribution in [2.75, 3.05) is 6.54 Å². The highest BCUT2D eigenvalue weighted by Gasteiger charge is 2.28. The number of hydrogen-bond acceptors (Lipinski definition) is 4. The number of benzene rings is 2. The van der Waals surface area contributed by atoms with Crippen LogP contribution in [-0.4, -0.2) is 34.4 Å². The van der Waals surface area contributed by atoms with E-state index in [-0.39, 0.29) is 17.8 Å². The Morgan fingerprint density at radius 2 is 1.48 bits per heavy atom. The topological polar surface area (TPSA) is 128 Å². The zero-order valence-corrected chi connectivity index (χ0v) is 18.3. The van der Waals surface area contributed by atoms with Gasteiger partial charge in [-0.2, -0.15) is 0 Å². The van der Waals surface area contributed by atoms with Crippen LogP contribution in [0.15, 0.2) is 77.7 Å². The van der Waals surface area contributed by atoms with Gasteiger partial charge in [-0.05, 0) is 25.0 Å². The van der Waals surface area contributed by atoms with Gasteiger partial charge in [0.1, 0.15) is 11.3 Å². The van der Waals surface area contributed by atoms with E-state index in [9.17, 15) is 19.2 Å². The number of aromatic nitrogens is 1. The Bertz CT molecular complexity index is 1160. The summed E-state index contributed by atoms with van der Waals surface area (Å²) in [5.41, 5.74) is -0.306. The van der Waals surface area contributed by atoms with Crippen LogP contribution in [0.2, 0.25) is 0 Å². The molecule has 8 heteroatoms. The zero-order valence-electron chi connectivity index (χ0n) is 18.3. The van der Waals surface area contributed by atoms with Gasteiger partial charge in [0.2, 0.25) is 0 Å². The fourth-order valence-corrected chi connectivity index (χ4v) is 3.11. The standard InChI is InChI=1S/C25H25N3O5/c1-25(2,24(32)33)15-27-23(31)19-13-20(29)18(14-26-19)22(30)28-21(16-9-5-3-6-10-16)17-11-7-4-8-12-17/h3-14,21H,15H2,1-2H3,(H,26,29)(H,27,31)(H,28,30)(H,32,33). The molecule has 1 aromatic heterocycles. The number of hydrogen-bond donors (Lipinski definition) is 4. The molecule has 0 saturated carbocycles. The molecule has 0 aliphatic rings. The minimum Gasteiger partial charge on any atom is -0.481 e. The first-order valence-corrected chi connectivity index (χ1v) is 10.3. The van der Waals surface area contributed by atoms with Crippen molar-refractivity contribution in [2.24, 2.45) is 5.41 Å². The Hall–Kier alpha value is -4.20. The molecule has 8 nitrogen and oxygen atoms in total. The molecule has 3 aromatic rings. The second kappa shape index (κ2) is 9.95. The van der Waals surface area contributed by atoms with Gasteiger partial charge >= 0.3 is 5.97 Å². The molecule has 170 valence electrons. The normalized spacial score (nSPS) is 11.1. The molecule has 0 spiro atoms. The first-order chi connectivity index (χ1) is 15.7. The number of carbonyl (C=O) groups is 3. The van der Waals surface area contributed by atoms with E-state index in [1.54, 1.807) is 0 Å². The second-order valence-corrected chi connectivity index (χ2v) is 8.22. The Labute approximate surface area is 190 Å². The van der Waals surface area contributed by atoms with Crippen LogP contribution in [0.25, 0.3) is 0 Å². The van der Waals surface area contributed by atoms with Gasteiger partial charge in [0.05, 0.1) is 11.5 Å². The van der Waals surface area contributed by atoms with Crippen LogP contribution in [0.3, 0.4) is 0 Å². The smallest absolute Gasteiger partial charge is 0.310 e. The molecule has 0 aliphatic carbocycles. The summed E-state index contributed by atoms with van der Waals surface area (Å²) in [6.07, 6.45) is 1.18. The van der Waals surface area contributed by atoms with Crippen LogP contribution in [0, 0.1) is 5.41 Å². The van der Waals surface area contributed by atoms with Gasteiger partial charge in [-0.15, -0.1) is 0 Å². The molecular formula is C25H25N3O5. The number of carboxylic acids is 1. The molecule has 4 N–H and O–H groups in total. The molecule has 0 aliphatic heterocycles. The number of amides is 2. The Morgan fingerprint density at radius 3 is 1.97 bits per heavy atom. The Balaban J connectivity index is 1.79. The number of rotatable bonds is 8. The van der Waals surface area contributed by atoms with Gasteiger partial charge in [-0.25, -0.2) is 0 Å². The van der Waals surface area contributed by atoms with Crippen molar-refractivity contribution in [1.29, 1.82) is 0 Å². The molecule has 0 atom stereocenters. The van der Waals surface area contributed by atoms with Gasteiger partial charge in [0.25, 0.3) is 11.8 Å². The maximum Gasteiger partial charge on any atom is 0.310 e. The molecule has 3 rings (SSSR count). The molecule has 1 heterocycles. The Kier molecular flexibility index (Phi) is 7.07. The fourth-order valence-electron chi connectivity index (χ4n) is 3.11. The predicted molar refractivity (Wildman–Crippen MR) is 123 cm³/mol. The third-order valence-corrected chi connectivity index (χ3v) is 5.21. The molecule has 0 unspecified atom stereocenters. The van der Waals surface area contributed by atoms with E-state index in [0.29, 0.717) is 0 Å². The highest BCUT2D eigenvalue weighted by Crippen LogP contribution is 2.22. The monoisotopic (exact) mass is 447 g/mol. The van der Waals surface area contributed by atoms with Crippen LogP contribution in [0.4, 0.5) is 0 Å². The van der Waals surface area contributed by atoms with E-state index in [4.69, 9.17) is 5.11 Å². The van der Waals surface area contributed by atoms with Crippen LogP contribution in [0.5, 0.6) is 0 Å². The van der Waals surface area contributed by atoms with Crippen molar-refractivity contribution in [2.45, 2.75) is 19.9 Å². The molecule has 33 heavy (non-hydrogen) atoms. The van der Waals surface area contributed by atoms with Crippen molar-refractivity contribution >= 4 is 17.8 Å².